The van der Waals surface area contributed by atoms with Crippen molar-refractivity contribution in [3.8, 4) is 0 Å². The molecule has 0 N–H and O–H groups in total. The SMILES string of the molecule is COC(=O)C1CN(C(=O)c2ccon2)CC1C. The van der Waals surface area contributed by atoms with Gasteiger partial charge >= 0.3 is 5.97 Å². The molecule has 1 fully saturated rings. The van der Waals surface area contributed by atoms with Gasteiger partial charge in [-0.05, 0) is 5.92 Å². The van der Waals surface area contributed by atoms with Crippen LogP contribution in [0.5, 0.6) is 0 Å². The number of esters is 1. The lowest BCUT2D eigenvalue weighted by molar-refractivity contribution is -0.146. The van der Waals surface area contributed by atoms with Crippen molar-refractivity contribution in [1.82, 2.24) is 10.1 Å². The first-order chi connectivity index (χ1) is 8.13. The number of ether oxygens (including phenoxy) is 1. The Balaban J connectivity index is 2.06. The fourth-order valence-corrected chi connectivity index (χ4v) is 2.08. The van der Waals surface area contributed by atoms with Crippen molar-refractivity contribution < 1.29 is 18.8 Å². The molecule has 6 heteroatoms. The molecule has 1 amide bonds. The number of carbonyl (C=O) groups is 2. The van der Waals surface area contributed by atoms with E-state index < -0.39 is 0 Å². The van der Waals surface area contributed by atoms with Gasteiger partial charge in [-0.2, -0.15) is 0 Å². The van der Waals surface area contributed by atoms with Gasteiger partial charge in [-0.3, -0.25) is 9.59 Å². The molecule has 17 heavy (non-hydrogen) atoms. The number of carbonyl (C=O) groups excluding carboxylic acids is 2. The van der Waals surface area contributed by atoms with Crippen molar-refractivity contribution >= 4 is 11.9 Å². The maximum absolute atomic E-state index is 12.0. The van der Waals surface area contributed by atoms with Crippen molar-refractivity contribution in [2.75, 3.05) is 20.2 Å². The fourth-order valence-electron chi connectivity index (χ4n) is 2.08. The van der Waals surface area contributed by atoms with Crippen LogP contribution in [0.25, 0.3) is 0 Å². The van der Waals surface area contributed by atoms with Gasteiger partial charge in [0.25, 0.3) is 5.91 Å². The highest BCUT2D eigenvalue weighted by Crippen LogP contribution is 2.25. The number of hydrogen-bond acceptors (Lipinski definition) is 5. The van der Waals surface area contributed by atoms with Crippen LogP contribution in [-0.2, 0) is 9.53 Å². The van der Waals surface area contributed by atoms with E-state index in [-0.39, 0.29) is 29.4 Å². The van der Waals surface area contributed by atoms with Crippen LogP contribution in [0, 0.1) is 11.8 Å². The number of nitrogens with zero attached hydrogens (tertiary/aromatic N) is 2. The molecule has 0 aliphatic carbocycles. The van der Waals surface area contributed by atoms with Crippen molar-refractivity contribution in [2.24, 2.45) is 11.8 Å². The molecule has 0 aromatic carbocycles. The third kappa shape index (κ3) is 2.15. The van der Waals surface area contributed by atoms with Crippen LogP contribution in [0.1, 0.15) is 17.4 Å². The monoisotopic (exact) mass is 238 g/mol. The summed E-state index contributed by atoms with van der Waals surface area (Å²) in [5.41, 5.74) is 0.266. The molecule has 2 atom stereocenters. The van der Waals surface area contributed by atoms with Crippen LogP contribution in [-0.4, -0.2) is 42.1 Å². The van der Waals surface area contributed by atoms with Gasteiger partial charge in [0.05, 0.1) is 13.0 Å². The summed E-state index contributed by atoms with van der Waals surface area (Å²) in [6.45, 7) is 2.84. The average Bonchev–Trinajstić information content (AvgIpc) is 2.96. The second kappa shape index (κ2) is 4.57. The Hall–Kier alpha value is -1.85. The van der Waals surface area contributed by atoms with Crippen LogP contribution in [0.2, 0.25) is 0 Å². The van der Waals surface area contributed by atoms with Crippen LogP contribution in [0.4, 0.5) is 0 Å². The molecule has 1 aliphatic heterocycles. The van der Waals surface area contributed by atoms with Crippen molar-refractivity contribution in [1.29, 1.82) is 0 Å². The minimum atomic E-state index is -0.270. The maximum atomic E-state index is 12.0. The molecule has 2 unspecified atom stereocenters. The first-order valence-corrected chi connectivity index (χ1v) is 5.41. The van der Waals surface area contributed by atoms with Gasteiger partial charge in [-0.15, -0.1) is 0 Å². The van der Waals surface area contributed by atoms with E-state index in [1.807, 2.05) is 6.92 Å². The van der Waals surface area contributed by atoms with Crippen molar-refractivity contribution in [2.45, 2.75) is 6.92 Å². The molecular formula is C11H14N2O4. The van der Waals surface area contributed by atoms with Crippen LogP contribution in [0.3, 0.4) is 0 Å². The van der Waals surface area contributed by atoms with E-state index in [1.165, 1.54) is 19.4 Å². The normalized spacial score (nSPS) is 23.8. The minimum absolute atomic E-state index is 0.0956. The summed E-state index contributed by atoms with van der Waals surface area (Å²) in [4.78, 5) is 25.0. The summed E-state index contributed by atoms with van der Waals surface area (Å²) in [5.74, 6) is -0.640. The van der Waals surface area contributed by atoms with E-state index >= 15 is 0 Å². The molecule has 2 rings (SSSR count). The first kappa shape index (κ1) is 11.6. The molecule has 0 saturated carbocycles. The zero-order valence-electron chi connectivity index (χ0n) is 9.75. The largest absolute Gasteiger partial charge is 0.469 e. The Morgan fingerprint density at radius 3 is 2.88 bits per heavy atom. The number of rotatable bonds is 2. The standard InChI is InChI=1S/C11H14N2O4/c1-7-5-13(6-8(7)11(15)16-2)10(14)9-3-4-17-12-9/h3-4,7-8H,5-6H2,1-2H3. The number of aromatic nitrogens is 1. The van der Waals surface area contributed by atoms with Gasteiger partial charge < -0.3 is 14.2 Å². The number of amides is 1. The fraction of sp³-hybridized carbons (Fsp3) is 0.545. The zero-order chi connectivity index (χ0) is 12.4. The second-order valence-electron chi connectivity index (χ2n) is 4.20. The van der Waals surface area contributed by atoms with E-state index in [4.69, 9.17) is 4.74 Å². The van der Waals surface area contributed by atoms with Gasteiger partial charge in [0, 0.05) is 19.2 Å². The van der Waals surface area contributed by atoms with Crippen molar-refractivity contribution in [3.05, 3.63) is 18.0 Å². The molecule has 0 bridgehead atoms. The minimum Gasteiger partial charge on any atom is -0.469 e. The molecule has 1 saturated heterocycles. The Bertz CT molecular complexity index is 415. The Kier molecular flexibility index (Phi) is 3.12. The Morgan fingerprint density at radius 1 is 1.53 bits per heavy atom. The lowest BCUT2D eigenvalue weighted by atomic mass is 9.99. The van der Waals surface area contributed by atoms with Gasteiger partial charge in [-0.1, -0.05) is 12.1 Å². The smallest absolute Gasteiger partial charge is 0.310 e. The summed E-state index contributed by atoms with van der Waals surface area (Å²) in [6.07, 6.45) is 1.35. The summed E-state index contributed by atoms with van der Waals surface area (Å²) in [6, 6.07) is 1.51. The lowest BCUT2D eigenvalue weighted by Gasteiger charge is -2.13. The molecule has 92 valence electrons. The Morgan fingerprint density at radius 2 is 2.29 bits per heavy atom. The van der Waals surface area contributed by atoms with E-state index in [2.05, 4.69) is 9.68 Å². The summed E-state index contributed by atoms with van der Waals surface area (Å²) >= 11 is 0. The predicted molar refractivity (Wildman–Crippen MR) is 57.1 cm³/mol. The summed E-state index contributed by atoms with van der Waals surface area (Å²) < 4.78 is 9.34. The number of likely N-dealkylation sites (tertiary alicyclic amines) is 1. The second-order valence-corrected chi connectivity index (χ2v) is 4.20. The topological polar surface area (TPSA) is 72.6 Å². The van der Waals surface area contributed by atoms with Gasteiger partial charge in [-0.25, -0.2) is 0 Å². The lowest BCUT2D eigenvalue weighted by Crippen LogP contribution is -2.30. The Labute approximate surface area is 98.5 Å². The van der Waals surface area contributed by atoms with Crippen LogP contribution < -0.4 is 0 Å². The zero-order valence-corrected chi connectivity index (χ0v) is 9.75. The van der Waals surface area contributed by atoms with E-state index in [1.54, 1.807) is 4.90 Å². The van der Waals surface area contributed by atoms with Gasteiger partial charge in [0.1, 0.15) is 6.26 Å². The maximum Gasteiger partial charge on any atom is 0.310 e. The van der Waals surface area contributed by atoms with E-state index in [9.17, 15) is 9.59 Å². The molecule has 1 aromatic heterocycles. The number of hydrogen-bond donors (Lipinski definition) is 0. The molecule has 2 heterocycles. The molecular weight excluding hydrogens is 224 g/mol. The van der Waals surface area contributed by atoms with E-state index in [0.29, 0.717) is 13.1 Å². The van der Waals surface area contributed by atoms with Gasteiger partial charge in [0.15, 0.2) is 5.69 Å². The molecule has 0 spiro atoms. The van der Waals surface area contributed by atoms with Crippen LogP contribution >= 0.6 is 0 Å². The number of methoxy groups -OCH3 is 1. The summed E-state index contributed by atoms with van der Waals surface area (Å²) in [5, 5.41) is 3.59. The molecule has 6 nitrogen and oxygen atoms in total. The highest BCUT2D eigenvalue weighted by molar-refractivity contribution is 5.92. The highest BCUT2D eigenvalue weighted by atomic mass is 16.5. The highest BCUT2D eigenvalue weighted by Gasteiger charge is 2.38. The van der Waals surface area contributed by atoms with Crippen molar-refractivity contribution in [3.63, 3.8) is 0 Å². The predicted octanol–water partition coefficient (Wildman–Crippen LogP) is 0.556. The third-order valence-electron chi connectivity index (χ3n) is 3.06. The first-order valence-electron chi connectivity index (χ1n) is 5.41. The quantitative estimate of drug-likeness (QED) is 0.704. The van der Waals surface area contributed by atoms with Gasteiger partial charge in [0.2, 0.25) is 0 Å². The molecule has 1 aliphatic rings. The van der Waals surface area contributed by atoms with E-state index in [0.717, 1.165) is 0 Å². The molecule has 1 aromatic rings. The third-order valence-corrected chi connectivity index (χ3v) is 3.06. The average molecular weight is 238 g/mol. The summed E-state index contributed by atoms with van der Waals surface area (Å²) in [7, 11) is 1.36. The van der Waals surface area contributed by atoms with Crippen LogP contribution in [0.15, 0.2) is 16.9 Å². The molecule has 0 radical (unpaired) electrons.